The normalized spacial score (nSPS) is 12.9. The van der Waals surface area contributed by atoms with E-state index in [-0.39, 0.29) is 70.4 Å². The molecule has 0 aromatic rings. The van der Waals surface area contributed by atoms with Crippen LogP contribution in [0.4, 0.5) is 0 Å². The van der Waals surface area contributed by atoms with E-state index in [0.717, 1.165) is 19.3 Å². The van der Waals surface area contributed by atoms with Gasteiger partial charge in [-0.05, 0) is 40.0 Å². The smallest absolute Gasteiger partial charge is 0.852 e. The summed E-state index contributed by atoms with van der Waals surface area (Å²) in [5.41, 5.74) is 0. The van der Waals surface area contributed by atoms with Gasteiger partial charge in [0.25, 0.3) is 0 Å². The Hall–Kier alpha value is -1.64. The number of carbonyl (C=O) groups is 6. The van der Waals surface area contributed by atoms with Gasteiger partial charge in [0, 0.05) is 0 Å². The van der Waals surface area contributed by atoms with Crippen molar-refractivity contribution < 1.29 is 59.4 Å². The zero-order chi connectivity index (χ0) is 35.2. The summed E-state index contributed by atoms with van der Waals surface area (Å²) in [5.74, 6) is -7.56. The van der Waals surface area contributed by atoms with Crippen LogP contribution in [0, 0.1) is 17.8 Å². The number of hydrogen-bond acceptors (Lipinski definition) is 12. The SMILES string of the molecule is CCC(C(C)=O)C(=O)[O-].CCC(C(C)=O)C(=O)[O-].CCC(C(C)=O)C(=O)[O-].CCC(C)[O-].CCC(C)[O-].CCC(C)[O-].[Al+3].[Al+3]. The van der Waals surface area contributed by atoms with Gasteiger partial charge in [0.05, 0.1) is 35.7 Å². The number of aliphatic carboxylic acids is 3. The summed E-state index contributed by atoms with van der Waals surface area (Å²) < 4.78 is 0. The second-order valence-electron chi connectivity index (χ2n) is 9.33. The Morgan fingerprint density at radius 2 is 0.523 bits per heavy atom. The van der Waals surface area contributed by atoms with E-state index in [1.54, 1.807) is 41.5 Å². The van der Waals surface area contributed by atoms with Crippen molar-refractivity contribution in [2.24, 2.45) is 17.8 Å². The van der Waals surface area contributed by atoms with Gasteiger partial charge < -0.3 is 45.0 Å². The molecule has 0 aliphatic rings. The summed E-state index contributed by atoms with van der Waals surface area (Å²) >= 11 is 0. The first kappa shape index (κ1) is 61.4. The van der Waals surface area contributed by atoms with Crippen LogP contribution in [0.25, 0.3) is 0 Å². The fraction of sp³-hybridized carbons (Fsp3) is 0.800. The molecule has 0 aromatic carbocycles. The molecule has 6 atom stereocenters. The van der Waals surface area contributed by atoms with E-state index >= 15 is 0 Å². The van der Waals surface area contributed by atoms with E-state index in [1.807, 2.05) is 20.8 Å². The predicted octanol–water partition coefficient (Wildman–Crippen LogP) is -2.27. The molecular weight excluding hydrogens is 606 g/mol. The zero-order valence-corrected chi connectivity index (χ0v) is 31.1. The molecule has 44 heavy (non-hydrogen) atoms. The number of Topliss-reactive ketones (excluding diaryl/α,β-unsaturated/α-hetero) is 3. The molecule has 0 aliphatic carbocycles. The molecule has 12 nitrogen and oxygen atoms in total. The van der Waals surface area contributed by atoms with Crippen LogP contribution in [0.15, 0.2) is 0 Å². The maximum atomic E-state index is 10.4. The fourth-order valence-electron chi connectivity index (χ4n) is 1.86. The minimum absolute atomic E-state index is 0. The van der Waals surface area contributed by atoms with Crippen molar-refractivity contribution in [3.05, 3.63) is 0 Å². The van der Waals surface area contributed by atoms with E-state index in [9.17, 15) is 59.4 Å². The van der Waals surface area contributed by atoms with Gasteiger partial charge in [-0.2, -0.15) is 0 Å². The summed E-state index contributed by atoms with van der Waals surface area (Å²) in [6, 6.07) is 0. The monoisotopic (exact) mass is 660 g/mol. The Kier molecular flexibility index (Phi) is 57.7. The molecule has 0 aliphatic heterocycles. The maximum Gasteiger partial charge on any atom is 3.00 e. The van der Waals surface area contributed by atoms with E-state index in [0.29, 0.717) is 19.3 Å². The fourth-order valence-corrected chi connectivity index (χ4v) is 1.86. The average Bonchev–Trinajstić information content (AvgIpc) is 2.85. The van der Waals surface area contributed by atoms with Gasteiger partial charge in [0.2, 0.25) is 0 Å². The van der Waals surface area contributed by atoms with Crippen molar-refractivity contribution >= 4 is 70.0 Å². The van der Waals surface area contributed by atoms with Gasteiger partial charge >= 0.3 is 34.7 Å². The third-order valence-electron chi connectivity index (χ3n) is 5.28. The molecular formula is C30H54Al2O12. The molecule has 0 N–H and O–H groups in total. The van der Waals surface area contributed by atoms with Gasteiger partial charge in [0.1, 0.15) is 17.3 Å². The quantitative estimate of drug-likeness (QED) is 0.159. The van der Waals surface area contributed by atoms with Gasteiger partial charge in [-0.15, -0.1) is 18.3 Å². The first-order valence-corrected chi connectivity index (χ1v) is 14.2. The molecule has 0 spiro atoms. The predicted molar refractivity (Wildman–Crippen MR) is 159 cm³/mol. The van der Waals surface area contributed by atoms with Crippen LogP contribution >= 0.6 is 0 Å². The minimum Gasteiger partial charge on any atom is -0.852 e. The Balaban J connectivity index is -0.0000000596. The molecule has 0 rings (SSSR count). The molecule has 0 amide bonds. The van der Waals surface area contributed by atoms with E-state index in [2.05, 4.69) is 0 Å². The van der Waals surface area contributed by atoms with Crippen molar-refractivity contribution in [2.75, 3.05) is 0 Å². The van der Waals surface area contributed by atoms with Gasteiger partial charge in [0.15, 0.2) is 0 Å². The summed E-state index contributed by atoms with van der Waals surface area (Å²) in [6.45, 7) is 19.3. The molecule has 0 aromatic heterocycles. The first-order valence-electron chi connectivity index (χ1n) is 14.2. The number of rotatable bonds is 12. The second-order valence-corrected chi connectivity index (χ2v) is 9.33. The number of carboxylic acid groups (broad SMARTS) is 3. The van der Waals surface area contributed by atoms with E-state index < -0.39 is 35.7 Å². The number of hydrogen-bond donors (Lipinski definition) is 0. The second kappa shape index (κ2) is 41.4. The topological polar surface area (TPSA) is 241 Å². The molecule has 0 saturated carbocycles. The Labute approximate surface area is 286 Å². The van der Waals surface area contributed by atoms with Crippen LogP contribution in [-0.2, 0) is 28.8 Å². The Morgan fingerprint density at radius 3 is 0.523 bits per heavy atom. The van der Waals surface area contributed by atoms with Crippen molar-refractivity contribution in [1.29, 1.82) is 0 Å². The van der Waals surface area contributed by atoms with Crippen LogP contribution in [-0.4, -0.2) is 88.3 Å². The first-order chi connectivity index (χ1) is 19.1. The Morgan fingerprint density at radius 1 is 0.409 bits per heavy atom. The molecule has 0 fully saturated rings. The van der Waals surface area contributed by atoms with Gasteiger partial charge in [-0.1, -0.05) is 81.6 Å². The van der Waals surface area contributed by atoms with Crippen LogP contribution in [0.5, 0.6) is 0 Å². The summed E-state index contributed by atoms with van der Waals surface area (Å²) in [5, 5.41) is 59.8. The Bertz CT molecular complexity index is 590. The van der Waals surface area contributed by atoms with Crippen molar-refractivity contribution in [3.8, 4) is 0 Å². The van der Waals surface area contributed by atoms with Crippen LogP contribution in [0.2, 0.25) is 0 Å². The summed E-state index contributed by atoms with van der Waals surface area (Å²) in [4.78, 5) is 61.3. The minimum atomic E-state index is -1.27. The molecule has 0 saturated heterocycles. The third-order valence-corrected chi connectivity index (χ3v) is 5.28. The number of carbonyl (C=O) groups excluding carboxylic acids is 6. The van der Waals surface area contributed by atoms with Crippen LogP contribution in [0.3, 0.4) is 0 Å². The molecule has 0 heterocycles. The van der Waals surface area contributed by atoms with Crippen LogP contribution < -0.4 is 30.6 Å². The summed E-state index contributed by atoms with van der Waals surface area (Å²) in [6.07, 6.45) is 2.10. The van der Waals surface area contributed by atoms with Gasteiger partial charge in [-0.3, -0.25) is 14.4 Å². The molecule has 0 radical (unpaired) electrons. The van der Waals surface area contributed by atoms with Gasteiger partial charge in [-0.25, -0.2) is 0 Å². The largest absolute Gasteiger partial charge is 3.00 e. The van der Waals surface area contributed by atoms with Crippen molar-refractivity contribution in [3.63, 3.8) is 0 Å². The molecule has 252 valence electrons. The molecule has 0 bridgehead atoms. The van der Waals surface area contributed by atoms with E-state index in [4.69, 9.17) is 0 Å². The third kappa shape index (κ3) is 53.0. The van der Waals surface area contributed by atoms with E-state index in [1.165, 1.54) is 20.8 Å². The maximum absolute atomic E-state index is 10.4. The van der Waals surface area contributed by atoms with Crippen molar-refractivity contribution in [1.82, 2.24) is 0 Å². The summed E-state index contributed by atoms with van der Waals surface area (Å²) in [7, 11) is 0. The zero-order valence-electron chi connectivity index (χ0n) is 28.8. The number of ketones is 3. The van der Waals surface area contributed by atoms with Crippen molar-refractivity contribution in [2.45, 2.75) is 140 Å². The standard InChI is InChI=1S/3C6H10O3.3C4H9O.2Al/c3*1-3-5(4(2)7)6(8)9;3*1-3-4(2)5;;/h3*5H,3H2,1-2H3,(H,8,9);3*4H,3H2,1-2H3;;/q;;;3*-1;2*+3/p-3. The molecule has 14 heteroatoms. The average molecular weight is 661 g/mol. The number of carboxylic acids is 3. The van der Waals surface area contributed by atoms with Crippen LogP contribution in [0.1, 0.15) is 122 Å². The molecule has 6 unspecified atom stereocenters.